The number of H-pyrrole nitrogens is 1. The minimum Gasteiger partial charge on any atom is -0.350 e. The quantitative estimate of drug-likeness (QED) is 0.381. The highest BCUT2D eigenvalue weighted by Gasteiger charge is 2.20. The average molecular weight is 475 g/mol. The van der Waals surface area contributed by atoms with E-state index in [9.17, 15) is 9.59 Å². The molecule has 1 fully saturated rings. The van der Waals surface area contributed by atoms with E-state index in [1.54, 1.807) is 20.2 Å². The van der Waals surface area contributed by atoms with E-state index in [1.165, 1.54) is 11.0 Å². The Morgan fingerprint density at radius 3 is 2.60 bits per heavy atom. The molecule has 2 aromatic carbocycles. The summed E-state index contributed by atoms with van der Waals surface area (Å²) in [6, 6.07) is 17.5. The van der Waals surface area contributed by atoms with Crippen LogP contribution in [0.4, 0.5) is 0 Å². The van der Waals surface area contributed by atoms with Gasteiger partial charge in [0.1, 0.15) is 17.2 Å². The Labute approximate surface area is 204 Å². The number of rotatable bonds is 8. The molecule has 0 bridgehead atoms. The van der Waals surface area contributed by atoms with Crippen molar-refractivity contribution >= 4 is 17.9 Å². The van der Waals surface area contributed by atoms with E-state index in [2.05, 4.69) is 10.5 Å². The topological polar surface area (TPSA) is 96.6 Å². The van der Waals surface area contributed by atoms with E-state index in [1.807, 2.05) is 54.6 Å². The maximum Gasteiger partial charge on any atom is 0.272 e. The van der Waals surface area contributed by atoms with Crippen molar-refractivity contribution in [3.05, 3.63) is 83.3 Å². The number of hydrogen-bond donors (Lipinski definition) is 2. The van der Waals surface area contributed by atoms with Crippen LogP contribution in [0.15, 0.2) is 60.7 Å². The van der Waals surface area contributed by atoms with E-state index in [0.29, 0.717) is 30.2 Å². The highest BCUT2D eigenvalue weighted by atomic mass is 16.8. The van der Waals surface area contributed by atoms with Gasteiger partial charge in [0.25, 0.3) is 11.8 Å². The van der Waals surface area contributed by atoms with Gasteiger partial charge in [0.15, 0.2) is 6.29 Å². The third-order valence-corrected chi connectivity index (χ3v) is 5.63. The number of ether oxygens (including phenoxy) is 1. The fraction of sp³-hybridized carbons (Fsp3) is 0.296. The van der Waals surface area contributed by atoms with Crippen LogP contribution in [0.25, 0.3) is 17.3 Å². The first kappa shape index (κ1) is 24.4. The van der Waals surface area contributed by atoms with Gasteiger partial charge in [0.05, 0.1) is 0 Å². The van der Waals surface area contributed by atoms with Gasteiger partial charge in [-0.3, -0.25) is 9.59 Å². The largest absolute Gasteiger partial charge is 0.350 e. The van der Waals surface area contributed by atoms with Crippen LogP contribution in [0.5, 0.6) is 0 Å². The molecule has 0 spiro atoms. The van der Waals surface area contributed by atoms with Gasteiger partial charge < -0.3 is 14.6 Å². The number of amides is 2. The second kappa shape index (κ2) is 11.6. The first-order chi connectivity index (χ1) is 17.0. The molecule has 2 amide bonds. The van der Waals surface area contributed by atoms with Crippen molar-refractivity contribution in [2.45, 2.75) is 32.0 Å². The van der Waals surface area contributed by atoms with Gasteiger partial charge in [-0.15, -0.1) is 0 Å². The average Bonchev–Trinajstić information content (AvgIpc) is 3.31. The maximum atomic E-state index is 12.7. The first-order valence-electron chi connectivity index (χ1n) is 11.7. The van der Waals surface area contributed by atoms with Gasteiger partial charge in [-0.1, -0.05) is 54.6 Å². The van der Waals surface area contributed by atoms with Gasteiger partial charge in [-0.25, -0.2) is 15.3 Å². The lowest BCUT2D eigenvalue weighted by molar-refractivity contribution is -0.198. The van der Waals surface area contributed by atoms with Gasteiger partial charge in [0, 0.05) is 45.2 Å². The van der Waals surface area contributed by atoms with Crippen LogP contribution in [-0.2, 0) is 20.8 Å². The highest BCUT2D eigenvalue weighted by Crippen LogP contribution is 2.23. The molecule has 2 heterocycles. The molecule has 1 aliphatic rings. The fourth-order valence-electron chi connectivity index (χ4n) is 3.76. The third kappa shape index (κ3) is 6.65. The molecular weight excluding hydrogens is 444 g/mol. The van der Waals surface area contributed by atoms with Crippen LogP contribution in [0.3, 0.4) is 0 Å². The van der Waals surface area contributed by atoms with Crippen molar-refractivity contribution in [3.63, 3.8) is 0 Å². The molecule has 182 valence electrons. The number of carbonyl (C=O) groups is 2. The standard InChI is InChI=1S/C27H30N4O4/c1-31(2)27(33)26-25(21-8-4-3-5-9-21)28-22(29-26)18-20-13-11-19(12-14-20)15-16-23(32)30-35-24-10-6-7-17-34-24/h3-5,8-9,11-16,24H,6-7,10,17-18H2,1-2H3,(H,28,29)(H,30,32). The molecule has 0 saturated carbocycles. The molecule has 0 radical (unpaired) electrons. The number of aromatic amines is 1. The third-order valence-electron chi connectivity index (χ3n) is 5.63. The fourth-order valence-corrected chi connectivity index (χ4v) is 3.76. The molecule has 8 heteroatoms. The Kier molecular flexibility index (Phi) is 8.07. The van der Waals surface area contributed by atoms with Crippen LogP contribution in [0, 0.1) is 0 Å². The Bertz CT molecular complexity index is 1160. The molecule has 1 aliphatic heterocycles. The number of aromatic nitrogens is 2. The lowest BCUT2D eigenvalue weighted by Crippen LogP contribution is -2.32. The van der Waals surface area contributed by atoms with Crippen molar-refractivity contribution in [3.8, 4) is 11.3 Å². The Hall–Kier alpha value is -3.75. The van der Waals surface area contributed by atoms with Gasteiger partial charge in [0.2, 0.25) is 0 Å². The van der Waals surface area contributed by atoms with Crippen LogP contribution < -0.4 is 5.48 Å². The zero-order valence-electron chi connectivity index (χ0n) is 20.0. The number of benzene rings is 2. The van der Waals surface area contributed by atoms with Gasteiger partial charge in [-0.2, -0.15) is 0 Å². The Morgan fingerprint density at radius 2 is 1.91 bits per heavy atom. The minimum atomic E-state index is -0.377. The Balaban J connectivity index is 1.39. The predicted molar refractivity (Wildman–Crippen MR) is 133 cm³/mol. The number of imidazole rings is 1. The molecule has 1 unspecified atom stereocenters. The lowest BCUT2D eigenvalue weighted by Gasteiger charge is -2.21. The molecule has 1 saturated heterocycles. The molecule has 3 aromatic rings. The van der Waals surface area contributed by atoms with E-state index in [4.69, 9.17) is 14.6 Å². The van der Waals surface area contributed by atoms with Gasteiger partial charge in [-0.05, 0) is 30.0 Å². The zero-order chi connectivity index (χ0) is 24.6. The Morgan fingerprint density at radius 1 is 1.14 bits per heavy atom. The van der Waals surface area contributed by atoms with Crippen molar-refractivity contribution in [1.29, 1.82) is 0 Å². The highest BCUT2D eigenvalue weighted by molar-refractivity contribution is 5.98. The molecule has 2 N–H and O–H groups in total. The molecule has 8 nitrogen and oxygen atoms in total. The van der Waals surface area contributed by atoms with Crippen LogP contribution >= 0.6 is 0 Å². The zero-order valence-corrected chi connectivity index (χ0v) is 20.0. The second-order valence-electron chi connectivity index (χ2n) is 8.60. The molecular formula is C27H30N4O4. The monoisotopic (exact) mass is 474 g/mol. The summed E-state index contributed by atoms with van der Waals surface area (Å²) in [4.78, 5) is 39.5. The van der Waals surface area contributed by atoms with Crippen LogP contribution in [-0.4, -0.2) is 53.7 Å². The van der Waals surface area contributed by atoms with Gasteiger partial charge >= 0.3 is 0 Å². The lowest BCUT2D eigenvalue weighted by atomic mass is 10.1. The van der Waals surface area contributed by atoms with Crippen LogP contribution in [0.2, 0.25) is 0 Å². The minimum absolute atomic E-state index is 0.125. The molecule has 0 aliphatic carbocycles. The normalized spacial score (nSPS) is 15.8. The summed E-state index contributed by atoms with van der Waals surface area (Å²) >= 11 is 0. The molecule has 35 heavy (non-hydrogen) atoms. The van der Waals surface area contributed by atoms with Crippen LogP contribution in [0.1, 0.15) is 46.7 Å². The number of hydroxylamine groups is 1. The summed E-state index contributed by atoms with van der Waals surface area (Å²) in [5.41, 5.74) is 6.33. The predicted octanol–water partition coefficient (Wildman–Crippen LogP) is 3.96. The number of carbonyl (C=O) groups excluding carboxylic acids is 2. The smallest absolute Gasteiger partial charge is 0.272 e. The number of nitrogens with one attached hydrogen (secondary N) is 2. The SMILES string of the molecule is CN(C)C(=O)c1[nH]c(Cc2ccc(C=CC(=O)NOC3CCCCO3)cc2)nc1-c1ccccc1. The van der Waals surface area contributed by atoms with E-state index in [0.717, 1.165) is 36.0 Å². The van der Waals surface area contributed by atoms with Crippen molar-refractivity contribution in [1.82, 2.24) is 20.3 Å². The summed E-state index contributed by atoms with van der Waals surface area (Å²) in [6.45, 7) is 0.654. The summed E-state index contributed by atoms with van der Waals surface area (Å²) in [7, 11) is 3.44. The molecule has 1 aromatic heterocycles. The number of nitrogens with zero attached hydrogens (tertiary/aromatic N) is 2. The molecule has 1 atom stereocenters. The summed E-state index contributed by atoms with van der Waals surface area (Å²) in [5, 5.41) is 0. The van der Waals surface area contributed by atoms with Crippen molar-refractivity contribution in [2.24, 2.45) is 0 Å². The summed E-state index contributed by atoms with van der Waals surface area (Å²) < 4.78 is 5.42. The summed E-state index contributed by atoms with van der Waals surface area (Å²) in [6.07, 6.45) is 6.14. The maximum absolute atomic E-state index is 12.7. The second-order valence-corrected chi connectivity index (χ2v) is 8.60. The first-order valence-corrected chi connectivity index (χ1v) is 11.7. The van der Waals surface area contributed by atoms with E-state index < -0.39 is 0 Å². The van der Waals surface area contributed by atoms with Crippen molar-refractivity contribution < 1.29 is 19.2 Å². The number of hydrogen-bond acceptors (Lipinski definition) is 5. The van der Waals surface area contributed by atoms with Crippen molar-refractivity contribution in [2.75, 3.05) is 20.7 Å². The summed E-state index contributed by atoms with van der Waals surface area (Å²) in [5.74, 6) is 0.240. The van der Waals surface area contributed by atoms with E-state index in [-0.39, 0.29) is 18.1 Å². The van der Waals surface area contributed by atoms with E-state index >= 15 is 0 Å². The molecule has 4 rings (SSSR count).